The number of hydrogen-bond acceptors (Lipinski definition) is 3. The van der Waals surface area contributed by atoms with Crippen LogP contribution in [0.3, 0.4) is 0 Å². The van der Waals surface area contributed by atoms with Gasteiger partial charge < -0.3 is 5.32 Å². The first kappa shape index (κ1) is 15.9. The van der Waals surface area contributed by atoms with Gasteiger partial charge in [-0.3, -0.25) is 14.4 Å². The third kappa shape index (κ3) is 2.67. The number of amides is 3. The number of nitrogens with one attached hydrogen (secondary N) is 1. The van der Waals surface area contributed by atoms with E-state index in [-0.39, 0.29) is 11.1 Å². The summed E-state index contributed by atoms with van der Waals surface area (Å²) in [5.41, 5.74) is 1.00. The number of halogens is 1. The molecule has 0 unspecified atom stereocenters. The molecule has 0 bridgehead atoms. The van der Waals surface area contributed by atoms with E-state index in [1.54, 1.807) is 43.3 Å². The Kier molecular flexibility index (Phi) is 4.12. The predicted octanol–water partition coefficient (Wildman–Crippen LogP) is 2.46. The zero-order valence-corrected chi connectivity index (χ0v) is 12.9. The van der Waals surface area contributed by atoms with Gasteiger partial charge >= 0.3 is 0 Å². The van der Waals surface area contributed by atoms with Crippen molar-refractivity contribution >= 4 is 17.7 Å². The molecule has 5 nitrogen and oxygen atoms in total. The van der Waals surface area contributed by atoms with Crippen LogP contribution >= 0.6 is 0 Å². The topological polar surface area (TPSA) is 66.5 Å². The molecule has 2 aromatic rings. The van der Waals surface area contributed by atoms with Crippen molar-refractivity contribution in [1.82, 2.24) is 10.2 Å². The first-order chi connectivity index (χ1) is 11.5. The van der Waals surface area contributed by atoms with Crippen LogP contribution in [0.4, 0.5) is 4.39 Å². The lowest BCUT2D eigenvalue weighted by molar-refractivity contribution is -0.130. The zero-order valence-electron chi connectivity index (χ0n) is 12.9. The summed E-state index contributed by atoms with van der Waals surface area (Å²) in [5.74, 6) is -2.63. The number of carbonyl (C=O) groups excluding carboxylic acids is 3. The molecule has 24 heavy (non-hydrogen) atoms. The van der Waals surface area contributed by atoms with E-state index in [0.717, 1.165) is 5.56 Å². The molecule has 0 aromatic heterocycles. The van der Waals surface area contributed by atoms with Crippen molar-refractivity contribution in [2.45, 2.75) is 19.3 Å². The fourth-order valence-electron chi connectivity index (χ4n) is 2.64. The van der Waals surface area contributed by atoms with Gasteiger partial charge in [-0.1, -0.05) is 42.5 Å². The van der Waals surface area contributed by atoms with Crippen molar-refractivity contribution in [1.29, 1.82) is 0 Å². The van der Waals surface area contributed by atoms with Crippen LogP contribution in [0, 0.1) is 0 Å². The van der Waals surface area contributed by atoms with Gasteiger partial charge in [-0.15, -0.1) is 0 Å². The Morgan fingerprint density at radius 1 is 0.958 bits per heavy atom. The average Bonchev–Trinajstić information content (AvgIpc) is 2.86. The average molecular weight is 326 g/mol. The van der Waals surface area contributed by atoms with Crippen molar-refractivity contribution < 1.29 is 18.8 Å². The lowest BCUT2D eigenvalue weighted by atomic mass is 10.1. The van der Waals surface area contributed by atoms with Gasteiger partial charge in [-0.25, -0.2) is 9.29 Å². The molecule has 0 fully saturated rings. The third-order valence-electron chi connectivity index (χ3n) is 3.93. The quantitative estimate of drug-likeness (QED) is 0.693. The van der Waals surface area contributed by atoms with Crippen LogP contribution in [0.15, 0.2) is 54.6 Å². The number of hydrogen-bond donors (Lipinski definition) is 1. The predicted molar refractivity (Wildman–Crippen MR) is 84.8 cm³/mol. The Labute approximate surface area is 138 Å². The van der Waals surface area contributed by atoms with Crippen LogP contribution < -0.4 is 5.32 Å². The van der Waals surface area contributed by atoms with Crippen LogP contribution in [-0.2, 0) is 4.79 Å². The number of alkyl halides is 1. The summed E-state index contributed by atoms with van der Waals surface area (Å²) < 4.78 is 14.5. The maximum absolute atomic E-state index is 14.5. The minimum Gasteiger partial charge on any atom is -0.345 e. The number of fused-ring (bicyclic) bond motifs is 1. The number of nitrogens with zero attached hydrogens (tertiary/aromatic N) is 1. The van der Waals surface area contributed by atoms with Crippen molar-refractivity contribution in [3.8, 4) is 0 Å². The molecule has 0 saturated heterocycles. The highest BCUT2D eigenvalue weighted by Crippen LogP contribution is 2.25. The summed E-state index contributed by atoms with van der Waals surface area (Å²) >= 11 is 0. The molecule has 3 amide bonds. The highest BCUT2D eigenvalue weighted by atomic mass is 19.1. The summed E-state index contributed by atoms with van der Waals surface area (Å²) in [4.78, 5) is 36.9. The Hall–Kier alpha value is -3.02. The number of imide groups is 1. The SMILES string of the molecule is C[C@H](NC(=O)[C@H](F)N1C(=O)c2ccccc2C1=O)c1ccccc1. The van der Waals surface area contributed by atoms with Crippen LogP contribution in [0.5, 0.6) is 0 Å². The normalized spacial score (nSPS) is 15.8. The van der Waals surface area contributed by atoms with E-state index in [2.05, 4.69) is 5.32 Å². The van der Waals surface area contributed by atoms with E-state index in [1.807, 2.05) is 6.07 Å². The lowest BCUT2D eigenvalue weighted by Gasteiger charge is -2.21. The van der Waals surface area contributed by atoms with E-state index < -0.39 is 30.1 Å². The van der Waals surface area contributed by atoms with E-state index in [9.17, 15) is 18.8 Å². The zero-order chi connectivity index (χ0) is 17.3. The van der Waals surface area contributed by atoms with Gasteiger partial charge in [-0.2, -0.15) is 0 Å². The molecule has 122 valence electrons. The molecule has 0 aliphatic carbocycles. The van der Waals surface area contributed by atoms with Crippen molar-refractivity contribution in [2.75, 3.05) is 0 Å². The summed E-state index contributed by atoms with van der Waals surface area (Å²) in [6.07, 6.45) is -2.37. The second-order valence-electron chi connectivity index (χ2n) is 5.50. The van der Waals surface area contributed by atoms with E-state index >= 15 is 0 Å². The Balaban J connectivity index is 1.75. The smallest absolute Gasteiger partial charge is 0.276 e. The first-order valence-corrected chi connectivity index (χ1v) is 7.47. The summed E-state index contributed by atoms with van der Waals surface area (Å²) in [5, 5.41) is 2.48. The summed E-state index contributed by atoms with van der Waals surface area (Å²) in [6.45, 7) is 1.70. The van der Waals surface area contributed by atoms with Crippen LogP contribution in [0.2, 0.25) is 0 Å². The molecule has 3 rings (SSSR count). The van der Waals surface area contributed by atoms with Crippen LogP contribution in [-0.4, -0.2) is 28.9 Å². The first-order valence-electron chi connectivity index (χ1n) is 7.47. The van der Waals surface area contributed by atoms with Gasteiger partial charge in [0.2, 0.25) is 0 Å². The number of rotatable bonds is 4. The third-order valence-corrected chi connectivity index (χ3v) is 3.93. The lowest BCUT2D eigenvalue weighted by Crippen LogP contribution is -2.47. The van der Waals surface area contributed by atoms with Gasteiger partial charge in [0.1, 0.15) is 0 Å². The standard InChI is InChI=1S/C18H15FN2O3/c1-11(12-7-3-2-4-8-12)20-16(22)15(19)21-17(23)13-9-5-6-10-14(13)18(21)24/h2-11,15H,1H3,(H,20,22)/t11-,15+/m0/s1. The van der Waals surface area contributed by atoms with Gasteiger partial charge in [0.25, 0.3) is 24.0 Å². The fourth-order valence-corrected chi connectivity index (χ4v) is 2.64. The largest absolute Gasteiger partial charge is 0.345 e. The minimum atomic E-state index is -2.37. The second kappa shape index (κ2) is 6.23. The monoisotopic (exact) mass is 326 g/mol. The Bertz CT molecular complexity index is 772. The number of benzene rings is 2. The molecule has 1 aliphatic rings. The van der Waals surface area contributed by atoms with Crippen LogP contribution in [0.1, 0.15) is 39.2 Å². The van der Waals surface area contributed by atoms with Gasteiger partial charge in [0, 0.05) is 0 Å². The molecular formula is C18H15FN2O3. The Morgan fingerprint density at radius 2 is 1.46 bits per heavy atom. The van der Waals surface area contributed by atoms with Crippen molar-refractivity contribution in [3.63, 3.8) is 0 Å². The molecule has 2 atom stereocenters. The maximum atomic E-state index is 14.5. The highest BCUT2D eigenvalue weighted by Gasteiger charge is 2.43. The minimum absolute atomic E-state index is 0.106. The van der Waals surface area contributed by atoms with Crippen molar-refractivity contribution in [2.24, 2.45) is 0 Å². The molecule has 0 saturated carbocycles. The van der Waals surface area contributed by atoms with E-state index in [1.165, 1.54) is 12.1 Å². The fraction of sp³-hybridized carbons (Fsp3) is 0.167. The maximum Gasteiger partial charge on any atom is 0.276 e. The highest BCUT2D eigenvalue weighted by molar-refractivity contribution is 6.22. The molecule has 1 N–H and O–H groups in total. The molecular weight excluding hydrogens is 311 g/mol. The number of carbonyl (C=O) groups is 3. The molecule has 0 spiro atoms. The molecule has 1 heterocycles. The van der Waals surface area contributed by atoms with Gasteiger partial charge in [0.15, 0.2) is 0 Å². The Morgan fingerprint density at radius 3 is 2.00 bits per heavy atom. The van der Waals surface area contributed by atoms with Gasteiger partial charge in [-0.05, 0) is 24.6 Å². The molecule has 0 radical (unpaired) electrons. The molecule has 1 aliphatic heterocycles. The summed E-state index contributed by atoms with van der Waals surface area (Å²) in [7, 11) is 0. The van der Waals surface area contributed by atoms with Crippen molar-refractivity contribution in [3.05, 3.63) is 71.3 Å². The summed E-state index contributed by atoms with van der Waals surface area (Å²) in [6, 6.07) is 14.6. The van der Waals surface area contributed by atoms with E-state index in [0.29, 0.717) is 4.90 Å². The molecule has 6 heteroatoms. The second-order valence-corrected chi connectivity index (χ2v) is 5.50. The van der Waals surface area contributed by atoms with Gasteiger partial charge in [0.05, 0.1) is 17.2 Å². The molecule has 2 aromatic carbocycles. The van der Waals surface area contributed by atoms with E-state index in [4.69, 9.17) is 0 Å². The van der Waals surface area contributed by atoms with Crippen LogP contribution in [0.25, 0.3) is 0 Å².